The van der Waals surface area contributed by atoms with Gasteiger partial charge in [-0.25, -0.2) is 4.98 Å². The maximum absolute atomic E-state index is 12.8. The summed E-state index contributed by atoms with van der Waals surface area (Å²) >= 11 is 0. The van der Waals surface area contributed by atoms with Crippen LogP contribution in [0.3, 0.4) is 0 Å². The minimum atomic E-state index is -0.520. The van der Waals surface area contributed by atoms with Crippen LogP contribution in [0.25, 0.3) is 11.0 Å². The fraction of sp³-hybridized carbons (Fsp3) is 0.524. The van der Waals surface area contributed by atoms with Crippen molar-refractivity contribution in [3.05, 3.63) is 40.3 Å². The van der Waals surface area contributed by atoms with Crippen molar-refractivity contribution in [1.29, 1.82) is 0 Å². The molecular weight excluding hydrogens is 358 g/mol. The molecule has 0 spiro atoms. The van der Waals surface area contributed by atoms with Gasteiger partial charge in [0.1, 0.15) is 5.69 Å². The highest BCUT2D eigenvalue weighted by molar-refractivity contribution is 5.80. The van der Waals surface area contributed by atoms with Crippen molar-refractivity contribution in [2.24, 2.45) is 0 Å². The van der Waals surface area contributed by atoms with E-state index >= 15 is 0 Å². The Balaban J connectivity index is 2.03. The average molecular weight is 387 g/mol. The van der Waals surface area contributed by atoms with Crippen LogP contribution in [0.2, 0.25) is 0 Å². The summed E-state index contributed by atoms with van der Waals surface area (Å²) in [5, 5.41) is 2.73. The van der Waals surface area contributed by atoms with Crippen LogP contribution in [0, 0.1) is 0 Å². The van der Waals surface area contributed by atoms with Gasteiger partial charge < -0.3 is 14.6 Å². The van der Waals surface area contributed by atoms with E-state index in [-0.39, 0.29) is 37.0 Å². The number of nitrogens with zero attached hydrogens (tertiary/aromatic N) is 2. The van der Waals surface area contributed by atoms with Gasteiger partial charge in [-0.05, 0) is 31.9 Å². The molecule has 1 N–H and O–H groups in total. The molecule has 1 atom stereocenters. The van der Waals surface area contributed by atoms with Gasteiger partial charge in [-0.15, -0.1) is 0 Å². The predicted octanol–water partition coefficient (Wildman–Crippen LogP) is 2.59. The number of carbonyl (C=O) groups excluding carboxylic acids is 2. The lowest BCUT2D eigenvalue weighted by atomic mass is 10.2. The summed E-state index contributed by atoms with van der Waals surface area (Å²) in [6, 6.07) is 7.53. The Morgan fingerprint density at radius 3 is 2.71 bits per heavy atom. The first-order valence-corrected chi connectivity index (χ1v) is 9.89. The number of ether oxygens (including phenoxy) is 1. The lowest BCUT2D eigenvalue weighted by Gasteiger charge is -2.12. The summed E-state index contributed by atoms with van der Waals surface area (Å²) in [7, 11) is 0. The van der Waals surface area contributed by atoms with Crippen molar-refractivity contribution < 1.29 is 14.3 Å². The van der Waals surface area contributed by atoms with E-state index in [1.807, 2.05) is 38.1 Å². The van der Waals surface area contributed by atoms with Crippen LogP contribution in [-0.2, 0) is 27.3 Å². The van der Waals surface area contributed by atoms with Crippen LogP contribution < -0.4 is 10.9 Å². The molecule has 0 aliphatic carbocycles. The molecule has 0 unspecified atom stereocenters. The minimum absolute atomic E-state index is 0.00493. The molecule has 7 heteroatoms. The van der Waals surface area contributed by atoms with Gasteiger partial charge in [0, 0.05) is 19.0 Å². The molecule has 28 heavy (non-hydrogen) atoms. The molecule has 0 radical (unpaired) electrons. The van der Waals surface area contributed by atoms with Crippen molar-refractivity contribution in [2.45, 2.75) is 65.5 Å². The van der Waals surface area contributed by atoms with Gasteiger partial charge in [0.15, 0.2) is 6.61 Å². The molecule has 2 rings (SSSR count). The van der Waals surface area contributed by atoms with Gasteiger partial charge >= 0.3 is 5.97 Å². The SMILES string of the molecule is CCCCn1c(=O)c(CCC(=O)OCC(=O)N[C@H](C)CC)nc2ccccc21. The summed E-state index contributed by atoms with van der Waals surface area (Å²) in [4.78, 5) is 40.9. The predicted molar refractivity (Wildman–Crippen MR) is 108 cm³/mol. The molecule has 0 saturated carbocycles. The van der Waals surface area contributed by atoms with Crippen LogP contribution in [0.1, 0.15) is 52.1 Å². The second kappa shape index (κ2) is 10.6. The number of fused-ring (bicyclic) bond motifs is 1. The topological polar surface area (TPSA) is 90.3 Å². The van der Waals surface area contributed by atoms with E-state index in [1.54, 1.807) is 4.57 Å². The van der Waals surface area contributed by atoms with Crippen LogP contribution >= 0.6 is 0 Å². The van der Waals surface area contributed by atoms with E-state index in [2.05, 4.69) is 17.2 Å². The van der Waals surface area contributed by atoms with E-state index in [0.717, 1.165) is 30.3 Å². The number of benzene rings is 1. The summed E-state index contributed by atoms with van der Waals surface area (Å²) in [6.07, 6.45) is 2.86. The Labute approximate surface area is 165 Å². The largest absolute Gasteiger partial charge is 0.456 e. The molecule has 7 nitrogen and oxygen atoms in total. The molecule has 0 bridgehead atoms. The first-order valence-electron chi connectivity index (χ1n) is 9.89. The third kappa shape index (κ3) is 5.90. The molecule has 0 aliphatic heterocycles. The zero-order valence-corrected chi connectivity index (χ0v) is 16.9. The third-order valence-corrected chi connectivity index (χ3v) is 4.61. The Hall–Kier alpha value is -2.70. The van der Waals surface area contributed by atoms with Crippen LogP contribution in [0.5, 0.6) is 0 Å². The highest BCUT2D eigenvalue weighted by Crippen LogP contribution is 2.12. The van der Waals surface area contributed by atoms with E-state index < -0.39 is 5.97 Å². The second-order valence-corrected chi connectivity index (χ2v) is 6.90. The Morgan fingerprint density at radius 2 is 2.00 bits per heavy atom. The Bertz CT molecular complexity index is 876. The fourth-order valence-corrected chi connectivity index (χ4v) is 2.80. The van der Waals surface area contributed by atoms with E-state index in [9.17, 15) is 14.4 Å². The standard InChI is InChI=1S/C21H29N3O4/c1-4-6-13-24-18-10-8-7-9-16(18)23-17(21(24)27)11-12-20(26)28-14-19(25)22-15(3)5-2/h7-10,15H,4-6,11-14H2,1-3H3,(H,22,25)/t15-/m1/s1. The van der Waals surface area contributed by atoms with Crippen LogP contribution in [0.15, 0.2) is 29.1 Å². The van der Waals surface area contributed by atoms with Gasteiger partial charge in [0.2, 0.25) is 0 Å². The highest BCUT2D eigenvalue weighted by atomic mass is 16.5. The van der Waals surface area contributed by atoms with Gasteiger partial charge in [-0.3, -0.25) is 14.4 Å². The van der Waals surface area contributed by atoms with E-state index in [4.69, 9.17) is 4.74 Å². The number of hydrogen-bond donors (Lipinski definition) is 1. The Kier molecular flexibility index (Phi) is 8.17. The molecule has 152 valence electrons. The van der Waals surface area contributed by atoms with Gasteiger partial charge in [0.05, 0.1) is 17.5 Å². The fourth-order valence-electron chi connectivity index (χ4n) is 2.80. The zero-order chi connectivity index (χ0) is 20.5. The molecule has 0 saturated heterocycles. The number of esters is 1. The monoisotopic (exact) mass is 387 g/mol. The van der Waals surface area contributed by atoms with Crippen molar-refractivity contribution in [3.8, 4) is 0 Å². The lowest BCUT2D eigenvalue weighted by Crippen LogP contribution is -2.35. The average Bonchev–Trinajstić information content (AvgIpc) is 2.70. The van der Waals surface area contributed by atoms with Crippen molar-refractivity contribution in [2.75, 3.05) is 6.61 Å². The molecule has 1 aromatic carbocycles. The number of hydrogen-bond acceptors (Lipinski definition) is 5. The smallest absolute Gasteiger partial charge is 0.306 e. The van der Waals surface area contributed by atoms with Gasteiger partial charge in [-0.2, -0.15) is 0 Å². The quantitative estimate of drug-likeness (QED) is 0.633. The lowest BCUT2D eigenvalue weighted by molar-refractivity contribution is -0.148. The molecule has 0 fully saturated rings. The molecular formula is C21H29N3O4. The number of rotatable bonds is 10. The van der Waals surface area contributed by atoms with Crippen molar-refractivity contribution in [1.82, 2.24) is 14.9 Å². The number of nitrogens with one attached hydrogen (secondary N) is 1. The van der Waals surface area contributed by atoms with Crippen molar-refractivity contribution >= 4 is 22.9 Å². The number of carbonyl (C=O) groups is 2. The molecule has 1 aromatic heterocycles. The number of unbranched alkanes of at least 4 members (excludes halogenated alkanes) is 1. The summed E-state index contributed by atoms with van der Waals surface area (Å²) < 4.78 is 6.73. The van der Waals surface area contributed by atoms with Gasteiger partial charge in [0.25, 0.3) is 11.5 Å². The molecule has 2 aromatic rings. The number of amides is 1. The van der Waals surface area contributed by atoms with Crippen LogP contribution in [0.4, 0.5) is 0 Å². The van der Waals surface area contributed by atoms with Crippen molar-refractivity contribution in [3.63, 3.8) is 0 Å². The Morgan fingerprint density at radius 1 is 1.25 bits per heavy atom. The maximum atomic E-state index is 12.8. The number of aryl methyl sites for hydroxylation is 2. The second-order valence-electron chi connectivity index (χ2n) is 6.90. The summed E-state index contributed by atoms with van der Waals surface area (Å²) in [5.74, 6) is -0.845. The summed E-state index contributed by atoms with van der Waals surface area (Å²) in [6.45, 7) is 6.22. The van der Waals surface area contributed by atoms with E-state index in [1.165, 1.54) is 0 Å². The molecule has 1 amide bonds. The third-order valence-electron chi connectivity index (χ3n) is 4.61. The maximum Gasteiger partial charge on any atom is 0.306 e. The first-order chi connectivity index (χ1) is 13.5. The first kappa shape index (κ1) is 21.6. The minimum Gasteiger partial charge on any atom is -0.456 e. The normalized spacial score (nSPS) is 12.0. The molecule has 0 aliphatic rings. The number of aromatic nitrogens is 2. The van der Waals surface area contributed by atoms with Gasteiger partial charge in [-0.1, -0.05) is 32.4 Å². The zero-order valence-electron chi connectivity index (χ0n) is 16.9. The highest BCUT2D eigenvalue weighted by Gasteiger charge is 2.14. The number of para-hydroxylation sites is 2. The van der Waals surface area contributed by atoms with Crippen LogP contribution in [-0.4, -0.2) is 34.1 Å². The molecule has 1 heterocycles. The van der Waals surface area contributed by atoms with E-state index in [0.29, 0.717) is 12.2 Å². The summed E-state index contributed by atoms with van der Waals surface area (Å²) in [5.41, 5.74) is 1.70.